The molecule has 24 heavy (non-hydrogen) atoms. The molecule has 2 aliphatic rings. The highest BCUT2D eigenvalue weighted by molar-refractivity contribution is 7.87. The zero-order valence-electron chi connectivity index (χ0n) is 14.2. The molecule has 0 saturated heterocycles. The second-order valence-electron chi connectivity index (χ2n) is 7.03. The maximum Gasteiger partial charge on any atom is 0.203 e. The van der Waals surface area contributed by atoms with E-state index in [-0.39, 0.29) is 12.1 Å². The van der Waals surface area contributed by atoms with Crippen molar-refractivity contribution in [1.82, 2.24) is 0 Å². The van der Waals surface area contributed by atoms with Gasteiger partial charge < -0.3 is 4.74 Å². The van der Waals surface area contributed by atoms with Gasteiger partial charge >= 0.3 is 0 Å². The fourth-order valence-corrected chi connectivity index (χ4v) is 4.66. The van der Waals surface area contributed by atoms with Crippen molar-refractivity contribution in [3.63, 3.8) is 0 Å². The van der Waals surface area contributed by atoms with Crippen molar-refractivity contribution in [2.75, 3.05) is 0 Å². The average molecular weight is 339 g/mol. The van der Waals surface area contributed by atoms with E-state index < -0.39 is 15.5 Å². The first-order valence-electron chi connectivity index (χ1n) is 8.28. The molecule has 0 amide bonds. The maximum atomic E-state index is 13.1. The summed E-state index contributed by atoms with van der Waals surface area (Å²) in [5.41, 5.74) is 3.72. The van der Waals surface area contributed by atoms with Crippen LogP contribution < -0.4 is 0 Å². The molecule has 1 heterocycles. The first-order chi connectivity index (χ1) is 11.5. The van der Waals surface area contributed by atoms with E-state index >= 15 is 0 Å². The first kappa shape index (κ1) is 15.6. The number of aliphatic imine (C=N–C) groups is 1. The van der Waals surface area contributed by atoms with Gasteiger partial charge in [-0.2, -0.15) is 0 Å². The number of hydrogen-bond donors (Lipinski definition) is 0. The van der Waals surface area contributed by atoms with Crippen LogP contribution in [0, 0.1) is 6.92 Å². The van der Waals surface area contributed by atoms with Crippen LogP contribution in [0.15, 0.2) is 58.4 Å². The van der Waals surface area contributed by atoms with E-state index in [9.17, 15) is 4.21 Å². The molecule has 2 aromatic rings. The highest BCUT2D eigenvalue weighted by Gasteiger charge is 2.45. The van der Waals surface area contributed by atoms with E-state index in [0.717, 1.165) is 16.9 Å². The number of nitrogens with zero attached hydrogens (tertiary/aromatic N) is 1. The highest BCUT2D eigenvalue weighted by Crippen LogP contribution is 2.42. The molecule has 1 aliphatic carbocycles. The van der Waals surface area contributed by atoms with Gasteiger partial charge in [0, 0.05) is 11.3 Å². The molecular weight excluding hydrogens is 318 g/mol. The Labute approximate surface area is 145 Å². The molecule has 0 saturated carbocycles. The van der Waals surface area contributed by atoms with Crippen LogP contribution in [0.1, 0.15) is 36.6 Å². The molecule has 0 aromatic heterocycles. The molecule has 1 unspecified atom stereocenters. The number of aryl methyl sites for hydroxylation is 1. The summed E-state index contributed by atoms with van der Waals surface area (Å²) in [6, 6.07) is 16.3. The summed E-state index contributed by atoms with van der Waals surface area (Å²) < 4.78 is 18.6. The monoisotopic (exact) mass is 339 g/mol. The van der Waals surface area contributed by atoms with E-state index in [1.807, 2.05) is 51.1 Å². The average Bonchev–Trinajstić information content (AvgIpc) is 3.13. The van der Waals surface area contributed by atoms with Gasteiger partial charge in [-0.1, -0.05) is 42.0 Å². The molecule has 4 rings (SSSR count). The molecule has 0 radical (unpaired) electrons. The summed E-state index contributed by atoms with van der Waals surface area (Å²) in [7, 11) is -1.21. The smallest absolute Gasteiger partial charge is 0.203 e. The number of hydrogen-bond acceptors (Lipinski definition) is 3. The van der Waals surface area contributed by atoms with Crippen LogP contribution in [-0.2, 0) is 22.0 Å². The van der Waals surface area contributed by atoms with Gasteiger partial charge in [0.05, 0.1) is 10.8 Å². The van der Waals surface area contributed by atoms with Crippen molar-refractivity contribution in [2.45, 2.75) is 49.0 Å². The molecule has 1 aliphatic heterocycles. The van der Waals surface area contributed by atoms with Gasteiger partial charge in [0.2, 0.25) is 5.90 Å². The van der Waals surface area contributed by atoms with Crippen LogP contribution in [-0.4, -0.2) is 21.0 Å². The summed E-state index contributed by atoms with van der Waals surface area (Å²) in [4.78, 5) is 5.64. The minimum atomic E-state index is -1.21. The third kappa shape index (κ3) is 2.40. The Morgan fingerprint density at radius 3 is 2.58 bits per heavy atom. The van der Waals surface area contributed by atoms with E-state index in [0.29, 0.717) is 5.90 Å². The van der Waals surface area contributed by atoms with Crippen molar-refractivity contribution in [3.05, 3.63) is 65.2 Å². The molecule has 0 bridgehead atoms. The standard InChI is InChI=1S/C20H21NO2S/c1-13-8-10-15(11-9-13)24(22)20(2,3)19-21-18-16-7-5-4-6-14(16)12-17(18)23-19/h4-11,17-18H,12H2,1-3H3/t17-,18+,24?/m1/s1. The van der Waals surface area contributed by atoms with Gasteiger partial charge in [-0.25, -0.2) is 4.99 Å². The summed E-state index contributed by atoms with van der Waals surface area (Å²) in [5, 5.41) is 0. The van der Waals surface area contributed by atoms with Crippen molar-refractivity contribution >= 4 is 16.7 Å². The number of ether oxygens (including phenoxy) is 1. The SMILES string of the molecule is Cc1ccc(S(=O)C(C)(C)C2=N[C@H]3c4ccccc4C[C@H]3O2)cc1. The largest absolute Gasteiger partial charge is 0.474 e. The van der Waals surface area contributed by atoms with Crippen molar-refractivity contribution in [3.8, 4) is 0 Å². The molecule has 0 N–H and O–H groups in total. The third-order valence-electron chi connectivity index (χ3n) is 4.88. The normalized spacial score (nSPS) is 23.2. The Balaban J connectivity index is 1.64. The first-order valence-corrected chi connectivity index (χ1v) is 9.43. The molecule has 4 heteroatoms. The van der Waals surface area contributed by atoms with E-state index in [1.165, 1.54) is 11.1 Å². The zero-order chi connectivity index (χ0) is 16.9. The summed E-state index contributed by atoms with van der Waals surface area (Å²) in [5.74, 6) is 0.617. The van der Waals surface area contributed by atoms with Crippen LogP contribution in [0.3, 0.4) is 0 Å². The Kier molecular flexibility index (Phi) is 3.61. The molecule has 2 aromatic carbocycles. The van der Waals surface area contributed by atoms with Gasteiger partial charge in [0.25, 0.3) is 0 Å². The fourth-order valence-electron chi connectivity index (χ4n) is 3.43. The van der Waals surface area contributed by atoms with Crippen LogP contribution >= 0.6 is 0 Å². The van der Waals surface area contributed by atoms with Crippen molar-refractivity contribution < 1.29 is 8.95 Å². The van der Waals surface area contributed by atoms with Crippen LogP contribution in [0.25, 0.3) is 0 Å². The number of fused-ring (bicyclic) bond motifs is 3. The van der Waals surface area contributed by atoms with Crippen LogP contribution in [0.4, 0.5) is 0 Å². The predicted octanol–water partition coefficient (Wildman–Crippen LogP) is 3.98. The molecular formula is C20H21NO2S. The Morgan fingerprint density at radius 2 is 1.83 bits per heavy atom. The van der Waals surface area contributed by atoms with Crippen LogP contribution in [0.2, 0.25) is 0 Å². The lowest BCUT2D eigenvalue weighted by Crippen LogP contribution is -2.38. The summed E-state index contributed by atoms with van der Waals surface area (Å²) in [6.07, 6.45) is 0.924. The second kappa shape index (κ2) is 5.55. The Bertz CT molecular complexity index is 839. The van der Waals surface area contributed by atoms with E-state index in [1.54, 1.807) is 0 Å². The lowest BCUT2D eigenvalue weighted by molar-refractivity contribution is 0.198. The molecule has 0 fully saturated rings. The molecule has 0 spiro atoms. The molecule has 3 nitrogen and oxygen atoms in total. The maximum absolute atomic E-state index is 13.1. The minimum absolute atomic E-state index is 0.0468. The minimum Gasteiger partial charge on any atom is -0.474 e. The fraction of sp³-hybridized carbons (Fsp3) is 0.350. The topological polar surface area (TPSA) is 38.7 Å². The van der Waals surface area contributed by atoms with Gasteiger partial charge in [-0.05, 0) is 44.0 Å². The van der Waals surface area contributed by atoms with Gasteiger partial charge in [-0.15, -0.1) is 0 Å². The summed E-state index contributed by atoms with van der Waals surface area (Å²) in [6.45, 7) is 5.93. The molecule has 124 valence electrons. The van der Waals surface area contributed by atoms with Gasteiger partial charge in [0.1, 0.15) is 16.9 Å². The van der Waals surface area contributed by atoms with E-state index in [2.05, 4.69) is 18.2 Å². The highest BCUT2D eigenvalue weighted by atomic mass is 32.2. The number of benzene rings is 2. The van der Waals surface area contributed by atoms with Gasteiger partial charge in [0.15, 0.2) is 0 Å². The van der Waals surface area contributed by atoms with Crippen LogP contribution in [0.5, 0.6) is 0 Å². The zero-order valence-corrected chi connectivity index (χ0v) is 15.0. The lowest BCUT2D eigenvalue weighted by Gasteiger charge is -2.24. The van der Waals surface area contributed by atoms with Gasteiger partial charge in [-0.3, -0.25) is 4.21 Å². The molecule has 3 atom stereocenters. The quantitative estimate of drug-likeness (QED) is 0.848. The number of rotatable bonds is 3. The Hall–Kier alpha value is -1.94. The second-order valence-corrected chi connectivity index (χ2v) is 9.06. The lowest BCUT2D eigenvalue weighted by atomic mass is 10.1. The Morgan fingerprint density at radius 1 is 1.12 bits per heavy atom. The predicted molar refractivity (Wildman–Crippen MR) is 96.9 cm³/mol. The summed E-state index contributed by atoms with van der Waals surface area (Å²) >= 11 is 0. The third-order valence-corrected chi connectivity index (χ3v) is 6.68. The van der Waals surface area contributed by atoms with Crippen molar-refractivity contribution in [2.24, 2.45) is 4.99 Å². The van der Waals surface area contributed by atoms with Crippen molar-refractivity contribution in [1.29, 1.82) is 0 Å². The van der Waals surface area contributed by atoms with E-state index in [4.69, 9.17) is 9.73 Å².